The van der Waals surface area contributed by atoms with Crippen LogP contribution in [0.25, 0.3) is 0 Å². The van der Waals surface area contributed by atoms with E-state index >= 15 is 0 Å². The van der Waals surface area contributed by atoms with E-state index in [0.717, 1.165) is 51.3 Å². The lowest BCUT2D eigenvalue weighted by atomic mass is 10.0. The van der Waals surface area contributed by atoms with Gasteiger partial charge in [0, 0.05) is 45.8 Å². The molecule has 2 aliphatic heterocycles. The zero-order valence-corrected chi connectivity index (χ0v) is 16.8. The highest BCUT2D eigenvalue weighted by Crippen LogP contribution is 2.15. The number of aliphatic imine (C=N–C) groups is 1. The summed E-state index contributed by atoms with van der Waals surface area (Å²) in [7, 11) is 1.87. The van der Waals surface area contributed by atoms with Crippen LogP contribution in [0.3, 0.4) is 0 Å². The first-order valence-corrected chi connectivity index (χ1v) is 10.1. The van der Waals surface area contributed by atoms with Gasteiger partial charge in [-0.15, -0.1) is 0 Å². The molecule has 6 heteroatoms. The number of hydrogen-bond acceptors (Lipinski definition) is 4. The summed E-state index contributed by atoms with van der Waals surface area (Å²) in [6, 6.07) is 0.546. The number of likely N-dealkylation sites (tertiary alicyclic amines) is 1. The van der Waals surface area contributed by atoms with E-state index in [2.05, 4.69) is 46.2 Å². The molecule has 2 fully saturated rings. The molecule has 6 nitrogen and oxygen atoms in total. The van der Waals surface area contributed by atoms with E-state index < -0.39 is 0 Å². The smallest absolute Gasteiger partial charge is 0.191 e. The Morgan fingerprint density at radius 2 is 1.96 bits per heavy atom. The molecule has 0 aliphatic carbocycles. The van der Waals surface area contributed by atoms with Gasteiger partial charge in [0.2, 0.25) is 0 Å². The van der Waals surface area contributed by atoms with E-state index in [1.807, 2.05) is 7.05 Å². The van der Waals surface area contributed by atoms with Crippen LogP contribution in [0.15, 0.2) is 4.99 Å². The van der Waals surface area contributed by atoms with Crippen LogP contribution < -0.4 is 10.6 Å². The van der Waals surface area contributed by atoms with Gasteiger partial charge < -0.3 is 20.3 Å². The first-order chi connectivity index (χ1) is 12.1. The van der Waals surface area contributed by atoms with Crippen molar-refractivity contribution >= 4 is 5.96 Å². The highest BCUT2D eigenvalue weighted by atomic mass is 16.5. The number of ether oxygens (including phenoxy) is 1. The Kier molecular flexibility index (Phi) is 8.99. The molecule has 2 heterocycles. The predicted octanol–water partition coefficient (Wildman–Crippen LogP) is 1.24. The molecule has 2 N–H and O–H groups in total. The Morgan fingerprint density at radius 3 is 2.56 bits per heavy atom. The van der Waals surface area contributed by atoms with Gasteiger partial charge in [-0.05, 0) is 37.8 Å². The SMILES string of the molecule is CCN1CCC(CNC(=NC)NCC(CC(C)C)N2CCOCC2)C1. The molecular weight excluding hydrogens is 314 g/mol. The quantitative estimate of drug-likeness (QED) is 0.508. The van der Waals surface area contributed by atoms with E-state index in [1.54, 1.807) is 0 Å². The third kappa shape index (κ3) is 7.12. The van der Waals surface area contributed by atoms with Gasteiger partial charge in [0.1, 0.15) is 0 Å². The van der Waals surface area contributed by atoms with Crippen molar-refractivity contribution in [1.82, 2.24) is 20.4 Å². The molecule has 0 aromatic rings. The fraction of sp³-hybridized carbons (Fsp3) is 0.947. The second kappa shape index (κ2) is 11.0. The molecule has 2 unspecified atom stereocenters. The van der Waals surface area contributed by atoms with Gasteiger partial charge in [0.15, 0.2) is 5.96 Å². The lowest BCUT2D eigenvalue weighted by Crippen LogP contribution is -2.51. The molecule has 0 radical (unpaired) electrons. The molecule has 2 aliphatic rings. The van der Waals surface area contributed by atoms with Gasteiger partial charge in [-0.3, -0.25) is 9.89 Å². The largest absolute Gasteiger partial charge is 0.379 e. The van der Waals surface area contributed by atoms with Crippen molar-refractivity contribution in [3.8, 4) is 0 Å². The Bertz CT molecular complexity index is 395. The molecule has 0 spiro atoms. The minimum absolute atomic E-state index is 0.546. The first-order valence-electron chi connectivity index (χ1n) is 10.1. The fourth-order valence-electron chi connectivity index (χ4n) is 3.89. The Morgan fingerprint density at radius 1 is 1.20 bits per heavy atom. The van der Waals surface area contributed by atoms with Crippen LogP contribution in [0, 0.1) is 11.8 Å². The van der Waals surface area contributed by atoms with Crippen molar-refractivity contribution in [2.75, 3.05) is 66.1 Å². The molecule has 0 aromatic carbocycles. The van der Waals surface area contributed by atoms with E-state index in [1.165, 1.54) is 32.5 Å². The molecule has 0 bridgehead atoms. The van der Waals surface area contributed by atoms with Gasteiger partial charge >= 0.3 is 0 Å². The van der Waals surface area contributed by atoms with E-state index in [9.17, 15) is 0 Å². The third-order valence-electron chi connectivity index (χ3n) is 5.41. The molecular formula is C19H39N5O. The number of morpholine rings is 1. The van der Waals surface area contributed by atoms with E-state index in [-0.39, 0.29) is 0 Å². The summed E-state index contributed by atoms with van der Waals surface area (Å²) < 4.78 is 5.51. The van der Waals surface area contributed by atoms with Crippen molar-refractivity contribution in [1.29, 1.82) is 0 Å². The number of rotatable bonds is 8. The summed E-state index contributed by atoms with van der Waals surface area (Å²) in [5.41, 5.74) is 0. The summed E-state index contributed by atoms with van der Waals surface area (Å²) in [6.07, 6.45) is 2.50. The second-order valence-corrected chi connectivity index (χ2v) is 7.81. The van der Waals surface area contributed by atoms with Crippen molar-refractivity contribution in [3.63, 3.8) is 0 Å². The number of guanidine groups is 1. The zero-order valence-electron chi connectivity index (χ0n) is 16.8. The minimum atomic E-state index is 0.546. The van der Waals surface area contributed by atoms with Crippen LogP contribution in [0.1, 0.15) is 33.6 Å². The van der Waals surface area contributed by atoms with Crippen molar-refractivity contribution in [2.45, 2.75) is 39.7 Å². The van der Waals surface area contributed by atoms with Crippen molar-refractivity contribution < 1.29 is 4.74 Å². The standard InChI is InChI=1S/C19H39N5O/c1-5-23-7-6-17(15-23)13-21-19(20-4)22-14-18(12-16(2)3)24-8-10-25-11-9-24/h16-18H,5-15H2,1-4H3,(H2,20,21,22). The summed E-state index contributed by atoms with van der Waals surface area (Å²) in [5, 5.41) is 7.10. The predicted molar refractivity (Wildman–Crippen MR) is 105 cm³/mol. The molecule has 2 atom stereocenters. The average Bonchev–Trinajstić information content (AvgIpc) is 3.09. The van der Waals surface area contributed by atoms with E-state index in [0.29, 0.717) is 12.0 Å². The molecule has 0 amide bonds. The summed E-state index contributed by atoms with van der Waals surface area (Å²) in [4.78, 5) is 9.52. The minimum Gasteiger partial charge on any atom is -0.379 e. The third-order valence-corrected chi connectivity index (χ3v) is 5.41. The first kappa shape index (κ1) is 20.5. The highest BCUT2D eigenvalue weighted by molar-refractivity contribution is 5.79. The van der Waals surface area contributed by atoms with Gasteiger partial charge in [-0.1, -0.05) is 20.8 Å². The summed E-state index contributed by atoms with van der Waals surface area (Å²) in [5.74, 6) is 2.38. The molecule has 2 rings (SSSR count). The lowest BCUT2D eigenvalue weighted by molar-refractivity contribution is 0.0132. The second-order valence-electron chi connectivity index (χ2n) is 7.81. The van der Waals surface area contributed by atoms with Gasteiger partial charge in [0.05, 0.1) is 13.2 Å². The van der Waals surface area contributed by atoms with Crippen LogP contribution in [-0.2, 0) is 4.74 Å². The maximum absolute atomic E-state index is 5.51. The van der Waals surface area contributed by atoms with E-state index in [4.69, 9.17) is 4.74 Å². The summed E-state index contributed by atoms with van der Waals surface area (Å²) >= 11 is 0. The summed E-state index contributed by atoms with van der Waals surface area (Å²) in [6.45, 7) is 16.2. The molecule has 2 saturated heterocycles. The van der Waals surface area contributed by atoms with Gasteiger partial charge in [-0.2, -0.15) is 0 Å². The Balaban J connectivity index is 1.76. The van der Waals surface area contributed by atoms with Crippen molar-refractivity contribution in [2.24, 2.45) is 16.8 Å². The maximum atomic E-state index is 5.51. The number of nitrogens with one attached hydrogen (secondary N) is 2. The fourth-order valence-corrected chi connectivity index (χ4v) is 3.89. The zero-order chi connectivity index (χ0) is 18.1. The Labute approximate surface area is 154 Å². The average molecular weight is 354 g/mol. The molecule has 146 valence electrons. The lowest BCUT2D eigenvalue weighted by Gasteiger charge is -2.35. The van der Waals surface area contributed by atoms with Crippen LogP contribution in [0.5, 0.6) is 0 Å². The van der Waals surface area contributed by atoms with Crippen LogP contribution >= 0.6 is 0 Å². The van der Waals surface area contributed by atoms with Gasteiger partial charge in [-0.25, -0.2) is 0 Å². The number of nitrogens with zero attached hydrogens (tertiary/aromatic N) is 3. The molecule has 0 aromatic heterocycles. The van der Waals surface area contributed by atoms with Crippen LogP contribution in [0.2, 0.25) is 0 Å². The van der Waals surface area contributed by atoms with Crippen LogP contribution in [0.4, 0.5) is 0 Å². The maximum Gasteiger partial charge on any atom is 0.191 e. The van der Waals surface area contributed by atoms with Gasteiger partial charge in [0.25, 0.3) is 0 Å². The Hall–Kier alpha value is -0.850. The van der Waals surface area contributed by atoms with Crippen LogP contribution in [-0.4, -0.2) is 87.9 Å². The number of hydrogen-bond donors (Lipinski definition) is 2. The monoisotopic (exact) mass is 353 g/mol. The van der Waals surface area contributed by atoms with Crippen molar-refractivity contribution in [3.05, 3.63) is 0 Å². The normalized spacial score (nSPS) is 24.7. The molecule has 0 saturated carbocycles. The molecule has 25 heavy (non-hydrogen) atoms. The topological polar surface area (TPSA) is 52.1 Å². The highest BCUT2D eigenvalue weighted by Gasteiger charge is 2.23.